The van der Waals surface area contributed by atoms with Gasteiger partial charge < -0.3 is 5.32 Å². The molecular formula is C12H12N2S. The molecule has 0 saturated carbocycles. The van der Waals surface area contributed by atoms with Crippen LogP contribution in [0.5, 0.6) is 0 Å². The standard InChI is InChI=1S/C12H12N2S/c1-2-9-6-10(12-7-15-8-14-12)3-4-11(9)13-5-1/h3-4,6-8,13H,1-2,5H2. The van der Waals surface area contributed by atoms with E-state index in [0.717, 1.165) is 12.2 Å². The summed E-state index contributed by atoms with van der Waals surface area (Å²) < 4.78 is 0. The van der Waals surface area contributed by atoms with E-state index in [1.54, 1.807) is 11.3 Å². The van der Waals surface area contributed by atoms with Gasteiger partial charge in [-0.3, -0.25) is 0 Å². The summed E-state index contributed by atoms with van der Waals surface area (Å²) in [6, 6.07) is 6.58. The molecule has 0 fully saturated rings. The van der Waals surface area contributed by atoms with Crippen LogP contribution in [-0.4, -0.2) is 11.5 Å². The fraction of sp³-hybridized carbons (Fsp3) is 0.250. The minimum Gasteiger partial charge on any atom is -0.385 e. The zero-order chi connectivity index (χ0) is 10.1. The number of aromatic nitrogens is 1. The maximum absolute atomic E-state index is 4.33. The molecule has 76 valence electrons. The molecule has 2 nitrogen and oxygen atoms in total. The van der Waals surface area contributed by atoms with E-state index in [0.29, 0.717) is 0 Å². The van der Waals surface area contributed by atoms with Gasteiger partial charge >= 0.3 is 0 Å². The highest BCUT2D eigenvalue weighted by Gasteiger charge is 2.09. The smallest absolute Gasteiger partial charge is 0.0811 e. The molecule has 0 amide bonds. The van der Waals surface area contributed by atoms with Gasteiger partial charge in [0.15, 0.2) is 0 Å². The van der Waals surface area contributed by atoms with E-state index < -0.39 is 0 Å². The zero-order valence-corrected chi connectivity index (χ0v) is 9.18. The maximum Gasteiger partial charge on any atom is 0.0811 e. The third-order valence-electron chi connectivity index (χ3n) is 2.77. The van der Waals surface area contributed by atoms with Crippen molar-refractivity contribution >= 4 is 17.0 Å². The topological polar surface area (TPSA) is 24.9 Å². The summed E-state index contributed by atoms with van der Waals surface area (Å²) >= 11 is 1.65. The van der Waals surface area contributed by atoms with E-state index in [9.17, 15) is 0 Å². The normalized spacial score (nSPS) is 14.4. The minimum absolute atomic E-state index is 1.09. The van der Waals surface area contributed by atoms with Crippen LogP contribution in [0.3, 0.4) is 0 Å². The summed E-state index contributed by atoms with van der Waals surface area (Å²) in [5.41, 5.74) is 6.92. The summed E-state index contributed by atoms with van der Waals surface area (Å²) in [5, 5.41) is 5.51. The van der Waals surface area contributed by atoms with Gasteiger partial charge in [-0.15, -0.1) is 11.3 Å². The second kappa shape index (κ2) is 3.66. The number of nitrogens with zero attached hydrogens (tertiary/aromatic N) is 1. The summed E-state index contributed by atoms with van der Waals surface area (Å²) in [5.74, 6) is 0. The predicted octanol–water partition coefficient (Wildman–Crippen LogP) is 3.17. The SMILES string of the molecule is c1nc(-c2ccc3c(c2)CCCN3)cs1. The molecular weight excluding hydrogens is 204 g/mol. The first-order valence-electron chi connectivity index (χ1n) is 5.19. The van der Waals surface area contributed by atoms with E-state index >= 15 is 0 Å². The molecule has 15 heavy (non-hydrogen) atoms. The second-order valence-corrected chi connectivity index (χ2v) is 4.49. The highest BCUT2D eigenvalue weighted by Crippen LogP contribution is 2.27. The Bertz CT molecular complexity index is 462. The molecule has 1 aromatic carbocycles. The molecule has 0 aliphatic carbocycles. The number of nitrogens with one attached hydrogen (secondary N) is 1. The number of hydrogen-bond acceptors (Lipinski definition) is 3. The Hall–Kier alpha value is -1.35. The number of benzene rings is 1. The molecule has 0 unspecified atom stereocenters. The van der Waals surface area contributed by atoms with Crippen molar-refractivity contribution in [1.29, 1.82) is 0 Å². The lowest BCUT2D eigenvalue weighted by molar-refractivity contribution is 0.830. The summed E-state index contributed by atoms with van der Waals surface area (Å²) in [4.78, 5) is 4.33. The first-order valence-corrected chi connectivity index (χ1v) is 6.13. The fourth-order valence-electron chi connectivity index (χ4n) is 1.99. The van der Waals surface area contributed by atoms with Crippen molar-refractivity contribution in [3.63, 3.8) is 0 Å². The number of aryl methyl sites for hydroxylation is 1. The Labute approximate surface area is 93.0 Å². The van der Waals surface area contributed by atoms with E-state index in [-0.39, 0.29) is 0 Å². The van der Waals surface area contributed by atoms with E-state index in [2.05, 4.69) is 33.9 Å². The maximum atomic E-state index is 4.33. The molecule has 3 heteroatoms. The lowest BCUT2D eigenvalue weighted by Gasteiger charge is -2.18. The number of fused-ring (bicyclic) bond motifs is 1. The van der Waals surface area contributed by atoms with Gasteiger partial charge in [-0.05, 0) is 30.5 Å². The van der Waals surface area contributed by atoms with Gasteiger partial charge in [0.1, 0.15) is 0 Å². The third-order valence-corrected chi connectivity index (χ3v) is 3.36. The van der Waals surface area contributed by atoms with Crippen LogP contribution in [0.25, 0.3) is 11.3 Å². The van der Waals surface area contributed by atoms with Gasteiger partial charge in [-0.1, -0.05) is 6.07 Å². The van der Waals surface area contributed by atoms with Crippen LogP contribution in [0.15, 0.2) is 29.1 Å². The number of rotatable bonds is 1. The van der Waals surface area contributed by atoms with Crippen molar-refractivity contribution in [2.75, 3.05) is 11.9 Å². The Kier molecular flexibility index (Phi) is 2.18. The molecule has 0 bridgehead atoms. The van der Waals surface area contributed by atoms with Gasteiger partial charge in [0.05, 0.1) is 11.2 Å². The second-order valence-electron chi connectivity index (χ2n) is 3.78. The van der Waals surface area contributed by atoms with Crippen molar-refractivity contribution in [2.45, 2.75) is 12.8 Å². The largest absolute Gasteiger partial charge is 0.385 e. The molecule has 1 aliphatic rings. The first-order chi connectivity index (χ1) is 7.43. The Balaban J connectivity index is 2.04. The molecule has 0 spiro atoms. The molecule has 1 aliphatic heterocycles. The lowest BCUT2D eigenvalue weighted by Crippen LogP contribution is -2.11. The molecule has 2 aromatic rings. The van der Waals surface area contributed by atoms with E-state index in [4.69, 9.17) is 0 Å². The van der Waals surface area contributed by atoms with Gasteiger partial charge in [0, 0.05) is 23.2 Å². The van der Waals surface area contributed by atoms with Crippen LogP contribution in [0, 0.1) is 0 Å². The van der Waals surface area contributed by atoms with Crippen LogP contribution in [0.2, 0.25) is 0 Å². The molecule has 1 N–H and O–H groups in total. The van der Waals surface area contributed by atoms with Gasteiger partial charge in [-0.25, -0.2) is 4.98 Å². The van der Waals surface area contributed by atoms with Gasteiger partial charge in [0.2, 0.25) is 0 Å². The van der Waals surface area contributed by atoms with Crippen LogP contribution in [-0.2, 0) is 6.42 Å². The van der Waals surface area contributed by atoms with E-state index in [1.807, 2.05) is 5.51 Å². The quantitative estimate of drug-likeness (QED) is 0.792. The van der Waals surface area contributed by atoms with Gasteiger partial charge in [0.25, 0.3) is 0 Å². The number of thiazole rings is 1. The third kappa shape index (κ3) is 1.63. The zero-order valence-electron chi connectivity index (χ0n) is 8.36. The lowest BCUT2D eigenvalue weighted by atomic mass is 10.00. The van der Waals surface area contributed by atoms with Crippen molar-refractivity contribution in [1.82, 2.24) is 4.98 Å². The van der Waals surface area contributed by atoms with Crippen LogP contribution in [0.1, 0.15) is 12.0 Å². The van der Waals surface area contributed by atoms with Crippen molar-refractivity contribution in [2.24, 2.45) is 0 Å². The fourth-order valence-corrected chi connectivity index (χ4v) is 2.55. The van der Waals surface area contributed by atoms with Crippen molar-refractivity contribution < 1.29 is 0 Å². The van der Waals surface area contributed by atoms with Crippen molar-refractivity contribution in [3.05, 3.63) is 34.7 Å². The average Bonchev–Trinajstić information content (AvgIpc) is 2.82. The monoisotopic (exact) mass is 216 g/mol. The predicted molar refractivity (Wildman–Crippen MR) is 64.4 cm³/mol. The van der Waals surface area contributed by atoms with Crippen LogP contribution in [0.4, 0.5) is 5.69 Å². The Morgan fingerprint density at radius 2 is 2.33 bits per heavy atom. The molecule has 0 saturated heterocycles. The number of hydrogen-bond donors (Lipinski definition) is 1. The molecule has 2 heterocycles. The summed E-state index contributed by atoms with van der Waals surface area (Å²) in [6.45, 7) is 1.10. The van der Waals surface area contributed by atoms with Crippen LogP contribution >= 0.6 is 11.3 Å². The highest BCUT2D eigenvalue weighted by atomic mass is 32.1. The van der Waals surface area contributed by atoms with Crippen molar-refractivity contribution in [3.8, 4) is 11.3 Å². The number of anilines is 1. The Morgan fingerprint density at radius 1 is 1.33 bits per heavy atom. The molecule has 0 atom stereocenters. The highest BCUT2D eigenvalue weighted by molar-refractivity contribution is 7.07. The Morgan fingerprint density at radius 3 is 3.20 bits per heavy atom. The molecule has 3 rings (SSSR count). The minimum atomic E-state index is 1.09. The van der Waals surface area contributed by atoms with E-state index in [1.165, 1.54) is 29.7 Å². The average molecular weight is 216 g/mol. The summed E-state index contributed by atoms with van der Waals surface area (Å²) in [7, 11) is 0. The first kappa shape index (κ1) is 8.92. The molecule has 0 radical (unpaired) electrons. The molecule has 1 aromatic heterocycles. The van der Waals surface area contributed by atoms with Crippen LogP contribution < -0.4 is 5.32 Å². The van der Waals surface area contributed by atoms with Gasteiger partial charge in [-0.2, -0.15) is 0 Å². The summed E-state index contributed by atoms with van der Waals surface area (Å²) in [6.07, 6.45) is 2.41.